The molecule has 25 heteroatoms. The van der Waals surface area contributed by atoms with Crippen LogP contribution >= 0.6 is 0 Å². The number of Topliss-reactive ketones (excluding diaryl/α,β-unsaturated/α-hetero) is 5. The van der Waals surface area contributed by atoms with Crippen molar-refractivity contribution in [1.29, 1.82) is 0 Å². The Bertz CT molecular complexity index is 2450. The van der Waals surface area contributed by atoms with E-state index in [-0.39, 0.29) is 103 Å². The van der Waals surface area contributed by atoms with Crippen molar-refractivity contribution in [2.24, 2.45) is 48.7 Å². The van der Waals surface area contributed by atoms with Crippen LogP contribution in [-0.4, -0.2) is 289 Å². The third-order valence-electron chi connectivity index (χ3n) is 15.9. The van der Waals surface area contributed by atoms with Crippen molar-refractivity contribution in [3.05, 3.63) is 0 Å². The van der Waals surface area contributed by atoms with Crippen LogP contribution in [-0.2, 0) is 76.3 Å². The molecule has 2 aliphatic heterocycles. The lowest BCUT2D eigenvalue weighted by Crippen LogP contribution is -2.47. The summed E-state index contributed by atoms with van der Waals surface area (Å²) >= 11 is 0. The fraction of sp³-hybridized carbons (Fsp3) is 0.904. The zero-order chi connectivity index (χ0) is 106. The molecular formula is C104H226N8O17. The molecule has 0 aromatic carbocycles. The maximum Gasteiger partial charge on any atom is 0.508 e. The number of amides is 3. The van der Waals surface area contributed by atoms with E-state index >= 15 is 0 Å². The summed E-state index contributed by atoms with van der Waals surface area (Å²) in [7, 11) is 15.4. The molecule has 0 radical (unpaired) electrons. The highest BCUT2D eigenvalue weighted by Crippen LogP contribution is 2.23. The summed E-state index contributed by atoms with van der Waals surface area (Å²) < 4.78 is 34.7. The van der Waals surface area contributed by atoms with Crippen LogP contribution in [0.25, 0.3) is 0 Å². The first-order valence-electron chi connectivity index (χ1n) is 49.1. The summed E-state index contributed by atoms with van der Waals surface area (Å²) in [6.45, 7) is 106. The molecule has 0 aliphatic carbocycles. The molecule has 0 bridgehead atoms. The molecule has 0 spiro atoms. The highest BCUT2D eigenvalue weighted by Gasteiger charge is 2.30. The van der Waals surface area contributed by atoms with Gasteiger partial charge in [0.25, 0.3) is 0 Å². The van der Waals surface area contributed by atoms with Crippen LogP contribution in [0.15, 0.2) is 0 Å². The lowest BCUT2D eigenvalue weighted by molar-refractivity contribution is -0.153. The van der Waals surface area contributed by atoms with E-state index in [2.05, 4.69) is 72.3 Å². The van der Waals surface area contributed by atoms with E-state index in [1.165, 1.54) is 25.7 Å². The van der Waals surface area contributed by atoms with Crippen molar-refractivity contribution in [2.75, 3.05) is 201 Å². The van der Waals surface area contributed by atoms with Crippen LogP contribution in [0.1, 0.15) is 376 Å². The Labute approximate surface area is 801 Å². The lowest BCUT2D eigenvalue weighted by atomic mass is 9.89. The number of hydrogen-bond acceptors (Lipinski definition) is 22. The number of carbonyl (C=O) groups is 10. The van der Waals surface area contributed by atoms with Gasteiger partial charge in [0.1, 0.15) is 31.4 Å². The molecule has 2 heterocycles. The van der Waals surface area contributed by atoms with Gasteiger partial charge in [-0.25, -0.2) is 4.79 Å². The Morgan fingerprint density at radius 2 is 0.744 bits per heavy atom. The molecule has 2 N–H and O–H groups in total. The number of piperidine rings is 1. The molecule has 0 aromatic rings. The maximum absolute atomic E-state index is 11.8. The number of piperazine rings is 1. The molecule has 0 aromatic heterocycles. The zero-order valence-corrected chi connectivity index (χ0v) is 96.0. The molecule has 2 rings (SSSR count). The first kappa shape index (κ1) is 158. The normalized spacial score (nSPS) is 12.3. The fourth-order valence-corrected chi connectivity index (χ4v) is 7.54. The molecule has 0 atom stereocenters. The van der Waals surface area contributed by atoms with Gasteiger partial charge in [-0.1, -0.05) is 297 Å². The van der Waals surface area contributed by atoms with E-state index in [0.29, 0.717) is 90.4 Å². The topological polar surface area (TPSA) is 279 Å². The number of nitrogens with one attached hydrogen (secondary N) is 2. The van der Waals surface area contributed by atoms with Crippen LogP contribution in [0, 0.1) is 48.7 Å². The van der Waals surface area contributed by atoms with Gasteiger partial charge in [0.05, 0.1) is 51.6 Å². The van der Waals surface area contributed by atoms with E-state index in [0.717, 1.165) is 84.7 Å². The average Bonchev–Trinajstić information content (AvgIpc) is 0.859. The molecular weight excluding hydrogens is 1630 g/mol. The Kier molecular flexibility index (Phi) is 120. The smallest absolute Gasteiger partial charge is 0.465 e. The van der Waals surface area contributed by atoms with Gasteiger partial charge in [-0.05, 0) is 114 Å². The predicted molar refractivity (Wildman–Crippen MR) is 554 cm³/mol. The minimum Gasteiger partial charge on any atom is -0.465 e. The largest absolute Gasteiger partial charge is 0.508 e. The number of ether oxygens (including phenoxy) is 7. The van der Waals surface area contributed by atoms with Crippen molar-refractivity contribution in [3.63, 3.8) is 0 Å². The zero-order valence-electron chi connectivity index (χ0n) is 96.0. The molecule has 2 fully saturated rings. The SMILES string of the molecule is CC.CC.CC.CC.CC.CC.CC.CC(=O)CCCNC(=O)C(C)(C)C.CC(C)(C)C(=O)N1CCCCC1.CCC.CCCNC(=O)C(C)(C)C.CCCOC(=O)C(C)(C)C.CN(C)CCN(C)CCOCC(=O)C(C)(C)C.CN(C)CCOC(=O)OCC(C)(C)C.CN1CCN(CC(=O)C(C)(C)C)CC1.COCCC(=O)C(C)(C)C.COCCOCC(=O)C(C)(C)C. The van der Waals surface area contributed by atoms with Gasteiger partial charge < -0.3 is 73.1 Å². The van der Waals surface area contributed by atoms with E-state index < -0.39 is 6.16 Å². The van der Waals surface area contributed by atoms with E-state index in [1.807, 2.05) is 322 Å². The molecule has 0 saturated carbocycles. The van der Waals surface area contributed by atoms with Gasteiger partial charge in [0, 0.05) is 144 Å². The lowest BCUT2D eigenvalue weighted by Gasteiger charge is -2.33. The molecule has 784 valence electrons. The van der Waals surface area contributed by atoms with Gasteiger partial charge in [-0.15, -0.1) is 0 Å². The first-order valence-corrected chi connectivity index (χ1v) is 49.1. The maximum atomic E-state index is 11.8. The third-order valence-corrected chi connectivity index (χ3v) is 15.9. The Balaban J connectivity index is -0.0000000855. The highest BCUT2D eigenvalue weighted by molar-refractivity contribution is 5.86. The fourth-order valence-electron chi connectivity index (χ4n) is 7.54. The molecule has 129 heavy (non-hydrogen) atoms. The number of nitrogens with zero attached hydrogens (tertiary/aromatic N) is 6. The second-order valence-corrected chi connectivity index (χ2v) is 39.5. The standard InChI is InChI=1S/C13H28N2O2.C11H22N2O.C10H21NO3.C10H19NO2.C10H19NO.C9H18O3.C8H17NO.2C8H16O2.C3H8.7C2H6/c1-13(2,3)12(16)11-17-10-9-15(6)8-7-14(4)5;1-11(2,3)10(14)9-13-7-5-12(4)6-8-13;1-10(2,3)8-14-9(12)13-7-6-11(4)5;1-8(12)6-5-7-11-9(13)10(2,3)4;1-10(2,3)9(12)11-7-5-4-6-8-11;1-9(2,3)8(10)7-12-6-5-11-4;1-5-6-9-7(10)8(2,3)4;1-8(2,3)7(9)5-6-10-4;1-5-6-10-7(9)8(2,3)4;1-3-2;7*1-2/h7-11H2,1-6H3;5-9H2,1-4H3;6-8H2,1-5H3;5-7H2,1-4H3,(H,11,13);4-8H2,1-3H3;5-7H2,1-4H3;5-6H2,1-4H3,(H,9,10);2*5-6H2,1-4H3;3H2,1-2H3;7*1-2H3. The molecule has 2 aliphatic rings. The van der Waals surface area contributed by atoms with Gasteiger partial charge in [-0.2, -0.15) is 0 Å². The van der Waals surface area contributed by atoms with Gasteiger partial charge in [0.2, 0.25) is 17.7 Å². The number of ketones is 5. The number of methoxy groups -OCH3 is 2. The molecule has 3 amide bonds. The van der Waals surface area contributed by atoms with Crippen LogP contribution in [0.3, 0.4) is 0 Å². The second-order valence-electron chi connectivity index (χ2n) is 39.5. The Morgan fingerprint density at radius 1 is 0.364 bits per heavy atom. The molecule has 0 unspecified atom stereocenters. The van der Waals surface area contributed by atoms with Crippen molar-refractivity contribution >= 4 is 58.8 Å². The molecule has 2 saturated heterocycles. The average molecular weight is 1860 g/mol. The second kappa shape index (κ2) is 97.7. The van der Waals surface area contributed by atoms with Gasteiger partial charge in [0.15, 0.2) is 17.3 Å². The van der Waals surface area contributed by atoms with E-state index in [4.69, 9.17) is 33.2 Å². The number of hydrogen-bond donors (Lipinski definition) is 2. The molecule has 25 nitrogen and oxygen atoms in total. The van der Waals surface area contributed by atoms with E-state index in [9.17, 15) is 47.9 Å². The van der Waals surface area contributed by atoms with Crippen LogP contribution in [0.5, 0.6) is 0 Å². The van der Waals surface area contributed by atoms with Crippen LogP contribution < -0.4 is 10.6 Å². The van der Waals surface area contributed by atoms with Gasteiger partial charge >= 0.3 is 12.1 Å². The number of carbonyl (C=O) groups excluding carboxylic acids is 10. The summed E-state index contributed by atoms with van der Waals surface area (Å²) in [5, 5.41) is 5.62. The minimum atomic E-state index is -0.582. The highest BCUT2D eigenvalue weighted by atomic mass is 16.7. The Hall–Kier alpha value is -4.86. The number of rotatable bonds is 30. The minimum absolute atomic E-state index is 0.0133. The van der Waals surface area contributed by atoms with Gasteiger partial charge in [-0.3, -0.25) is 43.3 Å². The summed E-state index contributed by atoms with van der Waals surface area (Å²) in [4.78, 5) is 125. The summed E-state index contributed by atoms with van der Waals surface area (Å²) in [5.74, 6) is 1.43. The van der Waals surface area contributed by atoms with Crippen molar-refractivity contribution < 1.29 is 81.1 Å². The van der Waals surface area contributed by atoms with Crippen LogP contribution in [0.4, 0.5) is 4.79 Å². The first-order chi connectivity index (χ1) is 59.1. The number of esters is 1. The summed E-state index contributed by atoms with van der Waals surface area (Å²) in [6, 6.07) is 0. The predicted octanol–water partition coefficient (Wildman–Crippen LogP) is 22.3. The third kappa shape index (κ3) is 129. The van der Waals surface area contributed by atoms with Crippen molar-refractivity contribution in [3.8, 4) is 0 Å². The number of likely N-dealkylation sites (N-methyl/N-ethyl adjacent to an activating group) is 4. The summed E-state index contributed by atoms with van der Waals surface area (Å²) in [6.07, 6.45) is 8.02. The Morgan fingerprint density at radius 3 is 1.06 bits per heavy atom. The summed E-state index contributed by atoms with van der Waals surface area (Å²) in [5.41, 5.74) is -2.13. The quantitative estimate of drug-likeness (QED) is 0.0499. The van der Waals surface area contributed by atoms with Crippen molar-refractivity contribution in [2.45, 2.75) is 376 Å². The van der Waals surface area contributed by atoms with E-state index in [1.54, 1.807) is 21.1 Å². The number of likely N-dealkylation sites (tertiary alicyclic amines) is 1. The van der Waals surface area contributed by atoms with Crippen LogP contribution in [0.2, 0.25) is 0 Å². The van der Waals surface area contributed by atoms with Crippen molar-refractivity contribution in [1.82, 2.24) is 40.0 Å². The monoisotopic (exact) mass is 1860 g/mol.